The van der Waals surface area contributed by atoms with Crippen LogP contribution in [0.25, 0.3) is 0 Å². The lowest BCUT2D eigenvalue weighted by atomic mass is 9.98. The molecule has 0 aliphatic carbocycles. The number of aryl methyl sites for hydroxylation is 2. The Hall–Kier alpha value is -0.960. The first-order valence-corrected chi connectivity index (χ1v) is 4.52. The molecule has 1 nitrogen and oxygen atoms in total. The van der Waals surface area contributed by atoms with Crippen LogP contribution in [0.4, 0.5) is 8.78 Å². The molecule has 0 spiro atoms. The molecule has 1 rings (SSSR count). The van der Waals surface area contributed by atoms with Gasteiger partial charge in [-0.15, -0.1) is 0 Å². The zero-order valence-corrected chi connectivity index (χ0v) is 8.64. The third-order valence-corrected chi connectivity index (χ3v) is 2.15. The molecule has 0 saturated heterocycles. The molecule has 0 saturated carbocycles. The fourth-order valence-corrected chi connectivity index (χ4v) is 1.48. The number of rotatable bonds is 2. The first-order chi connectivity index (χ1) is 6.30. The summed E-state index contributed by atoms with van der Waals surface area (Å²) in [6.45, 7) is 4.59. The van der Waals surface area contributed by atoms with E-state index >= 15 is 0 Å². The molecule has 3 heteroatoms. The van der Waals surface area contributed by atoms with Crippen molar-refractivity contribution in [3.05, 3.63) is 34.9 Å². The topological polar surface area (TPSA) is 26.0 Å². The Morgan fingerprint density at radius 3 is 1.93 bits per heavy atom. The van der Waals surface area contributed by atoms with E-state index in [1.54, 1.807) is 12.1 Å². The second-order valence-electron chi connectivity index (χ2n) is 3.86. The lowest BCUT2D eigenvalue weighted by Gasteiger charge is -2.20. The van der Waals surface area contributed by atoms with Crippen LogP contribution in [0.1, 0.15) is 29.7 Å². The minimum absolute atomic E-state index is 0.495. The Balaban J connectivity index is 3.07. The highest BCUT2D eigenvalue weighted by atomic mass is 19.3. The molecule has 0 aliphatic rings. The van der Waals surface area contributed by atoms with Gasteiger partial charge in [-0.1, -0.05) is 29.3 Å². The highest BCUT2D eigenvalue weighted by Crippen LogP contribution is 2.29. The number of benzene rings is 1. The van der Waals surface area contributed by atoms with E-state index in [-0.39, 0.29) is 0 Å². The molecule has 1 unspecified atom stereocenters. The van der Waals surface area contributed by atoms with Crippen LogP contribution >= 0.6 is 0 Å². The maximum atomic E-state index is 12.9. The molecule has 0 bridgehead atoms. The number of hydrogen-bond donors (Lipinski definition) is 1. The van der Waals surface area contributed by atoms with E-state index in [1.165, 1.54) is 0 Å². The van der Waals surface area contributed by atoms with Gasteiger partial charge in [0, 0.05) is 6.92 Å². The molecule has 0 radical (unpaired) electrons. The average molecular weight is 199 g/mol. The molecule has 78 valence electrons. The summed E-state index contributed by atoms with van der Waals surface area (Å²) in [6.07, 6.45) is 0. The Morgan fingerprint density at radius 1 is 1.14 bits per heavy atom. The van der Waals surface area contributed by atoms with Crippen molar-refractivity contribution in [3.8, 4) is 0 Å². The number of nitrogens with two attached hydrogens (primary N) is 1. The van der Waals surface area contributed by atoms with Crippen molar-refractivity contribution in [1.29, 1.82) is 0 Å². The Morgan fingerprint density at radius 2 is 1.57 bits per heavy atom. The van der Waals surface area contributed by atoms with E-state index in [0.29, 0.717) is 5.56 Å². The predicted molar refractivity (Wildman–Crippen MR) is 53.5 cm³/mol. The zero-order chi connectivity index (χ0) is 10.9. The van der Waals surface area contributed by atoms with E-state index in [1.807, 2.05) is 19.9 Å². The molecule has 0 fully saturated rings. The van der Waals surface area contributed by atoms with E-state index in [2.05, 4.69) is 0 Å². The van der Waals surface area contributed by atoms with Gasteiger partial charge in [0.25, 0.3) is 5.92 Å². The molecular formula is C11H15F2N. The smallest absolute Gasteiger partial charge is 0.264 e. The molecule has 2 N–H and O–H groups in total. The number of alkyl halides is 2. The molecular weight excluding hydrogens is 184 g/mol. The molecule has 1 aromatic carbocycles. The van der Waals surface area contributed by atoms with E-state index in [9.17, 15) is 8.78 Å². The van der Waals surface area contributed by atoms with Crippen molar-refractivity contribution < 1.29 is 8.78 Å². The van der Waals surface area contributed by atoms with Crippen LogP contribution in [-0.4, -0.2) is 5.92 Å². The summed E-state index contributed by atoms with van der Waals surface area (Å²) in [4.78, 5) is 0. The average Bonchev–Trinajstić information content (AvgIpc) is 1.99. The Labute approximate surface area is 82.9 Å². The van der Waals surface area contributed by atoms with Gasteiger partial charge < -0.3 is 5.73 Å². The maximum Gasteiger partial charge on any atom is 0.264 e. The van der Waals surface area contributed by atoms with Crippen LogP contribution in [0.3, 0.4) is 0 Å². The molecule has 0 amide bonds. The van der Waals surface area contributed by atoms with Gasteiger partial charge in [0.2, 0.25) is 0 Å². The van der Waals surface area contributed by atoms with Gasteiger partial charge >= 0.3 is 0 Å². The van der Waals surface area contributed by atoms with Gasteiger partial charge in [0.15, 0.2) is 0 Å². The largest absolute Gasteiger partial charge is 0.319 e. The van der Waals surface area contributed by atoms with Crippen LogP contribution in [-0.2, 0) is 0 Å². The summed E-state index contributed by atoms with van der Waals surface area (Å²) >= 11 is 0. The second kappa shape index (κ2) is 3.65. The van der Waals surface area contributed by atoms with Gasteiger partial charge in [-0.25, -0.2) is 8.78 Å². The van der Waals surface area contributed by atoms with Crippen LogP contribution in [0.2, 0.25) is 0 Å². The highest BCUT2D eigenvalue weighted by molar-refractivity contribution is 5.31. The van der Waals surface area contributed by atoms with Crippen LogP contribution in [0, 0.1) is 13.8 Å². The maximum absolute atomic E-state index is 12.9. The normalized spacial score (nSPS) is 14.1. The molecule has 1 aromatic rings. The number of halogens is 2. The molecule has 1 atom stereocenters. The third-order valence-electron chi connectivity index (χ3n) is 2.15. The second-order valence-corrected chi connectivity index (χ2v) is 3.86. The number of hydrogen-bond acceptors (Lipinski definition) is 1. The van der Waals surface area contributed by atoms with E-state index < -0.39 is 12.0 Å². The van der Waals surface area contributed by atoms with Gasteiger partial charge in [0.05, 0.1) is 6.04 Å². The summed E-state index contributed by atoms with van der Waals surface area (Å²) in [5, 5.41) is 0. The standard InChI is InChI=1S/C11H15F2N/c1-7-4-8(2)6-9(5-7)10(14)11(3,12)13/h4-6,10H,14H2,1-3H3. The van der Waals surface area contributed by atoms with Crippen molar-refractivity contribution in [3.63, 3.8) is 0 Å². The lowest BCUT2D eigenvalue weighted by Crippen LogP contribution is -2.29. The van der Waals surface area contributed by atoms with Crippen LogP contribution < -0.4 is 5.73 Å². The fraction of sp³-hybridized carbons (Fsp3) is 0.455. The van der Waals surface area contributed by atoms with Gasteiger partial charge in [0.1, 0.15) is 0 Å². The minimum Gasteiger partial charge on any atom is -0.319 e. The molecule has 14 heavy (non-hydrogen) atoms. The summed E-state index contributed by atoms with van der Waals surface area (Å²) < 4.78 is 25.9. The Bertz CT molecular complexity index is 308. The van der Waals surface area contributed by atoms with Crippen LogP contribution in [0.15, 0.2) is 18.2 Å². The molecule has 0 heterocycles. The van der Waals surface area contributed by atoms with Gasteiger partial charge in [-0.2, -0.15) is 0 Å². The summed E-state index contributed by atoms with van der Waals surface area (Å²) in [5.74, 6) is -2.87. The SMILES string of the molecule is Cc1cc(C)cc(C(N)C(C)(F)F)c1. The predicted octanol–water partition coefficient (Wildman–Crippen LogP) is 2.96. The van der Waals surface area contributed by atoms with Gasteiger partial charge in [-0.3, -0.25) is 0 Å². The van der Waals surface area contributed by atoms with E-state index in [4.69, 9.17) is 5.73 Å². The van der Waals surface area contributed by atoms with Crippen molar-refractivity contribution in [2.45, 2.75) is 32.7 Å². The fourth-order valence-electron chi connectivity index (χ4n) is 1.48. The Kier molecular flexibility index (Phi) is 2.90. The minimum atomic E-state index is -2.87. The lowest BCUT2D eigenvalue weighted by molar-refractivity contribution is -0.00620. The van der Waals surface area contributed by atoms with E-state index in [0.717, 1.165) is 18.1 Å². The first-order valence-electron chi connectivity index (χ1n) is 4.52. The molecule has 0 aromatic heterocycles. The zero-order valence-electron chi connectivity index (χ0n) is 8.64. The van der Waals surface area contributed by atoms with Crippen molar-refractivity contribution in [1.82, 2.24) is 0 Å². The monoisotopic (exact) mass is 199 g/mol. The van der Waals surface area contributed by atoms with Crippen molar-refractivity contribution in [2.24, 2.45) is 5.73 Å². The first kappa shape index (κ1) is 11.1. The quantitative estimate of drug-likeness (QED) is 0.778. The van der Waals surface area contributed by atoms with Crippen LogP contribution in [0.5, 0.6) is 0 Å². The van der Waals surface area contributed by atoms with Crippen molar-refractivity contribution >= 4 is 0 Å². The highest BCUT2D eigenvalue weighted by Gasteiger charge is 2.32. The molecule has 0 aliphatic heterocycles. The summed E-state index contributed by atoms with van der Waals surface area (Å²) in [6, 6.07) is 4.12. The summed E-state index contributed by atoms with van der Waals surface area (Å²) in [5.41, 5.74) is 7.87. The van der Waals surface area contributed by atoms with Crippen molar-refractivity contribution in [2.75, 3.05) is 0 Å². The van der Waals surface area contributed by atoms with Gasteiger partial charge in [-0.05, 0) is 19.4 Å². The third kappa shape index (κ3) is 2.51. The summed E-state index contributed by atoms with van der Waals surface area (Å²) in [7, 11) is 0.